The van der Waals surface area contributed by atoms with Crippen LogP contribution in [0, 0.1) is 0 Å². The molecule has 0 heterocycles. The van der Waals surface area contributed by atoms with Gasteiger partial charge >= 0.3 is 0 Å². The van der Waals surface area contributed by atoms with Gasteiger partial charge in [-0.15, -0.1) is 0 Å². The lowest BCUT2D eigenvalue weighted by atomic mass is 10.1. The van der Waals surface area contributed by atoms with Crippen LogP contribution in [0.4, 0.5) is 0 Å². The largest absolute Gasteiger partial charge is 0.293 e. The molecule has 0 aromatic heterocycles. The van der Waals surface area contributed by atoms with E-state index in [9.17, 15) is 13.2 Å². The molecule has 0 aliphatic carbocycles. The van der Waals surface area contributed by atoms with Crippen molar-refractivity contribution in [3.63, 3.8) is 0 Å². The summed E-state index contributed by atoms with van der Waals surface area (Å²) in [5.41, 5.74) is 0.485. The number of ketones is 1. The molecule has 0 fully saturated rings. The molecule has 0 spiro atoms. The van der Waals surface area contributed by atoms with Crippen LogP contribution in [0.15, 0.2) is 65.6 Å². The van der Waals surface area contributed by atoms with Crippen molar-refractivity contribution >= 4 is 15.8 Å². The first kappa shape index (κ1) is 13.5. The molecule has 19 heavy (non-hydrogen) atoms. The molecule has 98 valence electrons. The van der Waals surface area contributed by atoms with Gasteiger partial charge in [-0.05, 0) is 12.1 Å². The predicted molar refractivity (Wildman–Crippen MR) is 72.4 cm³/mol. The van der Waals surface area contributed by atoms with E-state index in [4.69, 9.17) is 0 Å². The van der Waals surface area contributed by atoms with Crippen LogP contribution < -0.4 is 4.72 Å². The average molecular weight is 275 g/mol. The van der Waals surface area contributed by atoms with Crippen molar-refractivity contribution in [3.05, 3.63) is 66.2 Å². The fourth-order valence-electron chi connectivity index (χ4n) is 1.57. The van der Waals surface area contributed by atoms with Crippen LogP contribution in [0.5, 0.6) is 0 Å². The predicted octanol–water partition coefficient (Wildman–Crippen LogP) is 1.85. The molecule has 1 N–H and O–H groups in total. The van der Waals surface area contributed by atoms with Crippen LogP contribution in [0.25, 0.3) is 0 Å². The standard InChI is InChI=1S/C14H13NO3S/c16-14(12-7-3-1-4-8-12)11-15-19(17,18)13-9-5-2-6-10-13/h1-10,15H,11H2. The maximum atomic E-state index is 11.9. The van der Waals surface area contributed by atoms with Crippen molar-refractivity contribution in [2.75, 3.05) is 6.54 Å². The van der Waals surface area contributed by atoms with Crippen LogP contribution in [-0.2, 0) is 10.0 Å². The van der Waals surface area contributed by atoms with Crippen molar-refractivity contribution in [1.29, 1.82) is 0 Å². The normalized spacial score (nSPS) is 11.2. The molecule has 0 aliphatic rings. The van der Waals surface area contributed by atoms with Crippen molar-refractivity contribution in [2.45, 2.75) is 4.90 Å². The minimum atomic E-state index is -3.63. The maximum Gasteiger partial charge on any atom is 0.240 e. The SMILES string of the molecule is O=C(CNS(=O)(=O)c1ccccc1)c1ccccc1. The highest BCUT2D eigenvalue weighted by Gasteiger charge is 2.15. The molecule has 2 aromatic rings. The number of carbonyl (C=O) groups is 1. The highest BCUT2D eigenvalue weighted by atomic mass is 32.2. The summed E-state index contributed by atoms with van der Waals surface area (Å²) >= 11 is 0. The summed E-state index contributed by atoms with van der Waals surface area (Å²) in [6, 6.07) is 16.5. The van der Waals surface area contributed by atoms with Crippen LogP contribution >= 0.6 is 0 Å². The van der Waals surface area contributed by atoms with Gasteiger partial charge in [-0.25, -0.2) is 13.1 Å². The number of benzene rings is 2. The Hall–Kier alpha value is -1.98. The quantitative estimate of drug-likeness (QED) is 0.847. The van der Waals surface area contributed by atoms with E-state index in [-0.39, 0.29) is 17.2 Å². The van der Waals surface area contributed by atoms with Gasteiger partial charge in [0.25, 0.3) is 0 Å². The van der Waals surface area contributed by atoms with Gasteiger partial charge in [0.2, 0.25) is 10.0 Å². The summed E-state index contributed by atoms with van der Waals surface area (Å²) in [5, 5.41) is 0. The lowest BCUT2D eigenvalue weighted by Crippen LogP contribution is -2.29. The Bertz CT molecular complexity index is 652. The highest BCUT2D eigenvalue weighted by molar-refractivity contribution is 7.89. The molecule has 0 atom stereocenters. The summed E-state index contributed by atoms with van der Waals surface area (Å²) in [6.45, 7) is -0.249. The summed E-state index contributed by atoms with van der Waals surface area (Å²) in [5.74, 6) is -0.264. The topological polar surface area (TPSA) is 63.2 Å². The minimum Gasteiger partial charge on any atom is -0.293 e. The van der Waals surface area contributed by atoms with E-state index >= 15 is 0 Å². The van der Waals surface area contributed by atoms with E-state index in [1.54, 1.807) is 48.5 Å². The maximum absolute atomic E-state index is 11.9. The third-order valence-corrected chi connectivity index (χ3v) is 3.99. The number of Topliss-reactive ketones (excluding diaryl/α,β-unsaturated/α-hetero) is 1. The first-order valence-corrected chi connectivity index (χ1v) is 7.21. The fourth-order valence-corrected chi connectivity index (χ4v) is 2.57. The van der Waals surface area contributed by atoms with Gasteiger partial charge in [0.05, 0.1) is 11.4 Å². The smallest absolute Gasteiger partial charge is 0.240 e. The van der Waals surface area contributed by atoms with Gasteiger partial charge in [-0.2, -0.15) is 0 Å². The third-order valence-electron chi connectivity index (χ3n) is 2.57. The van der Waals surface area contributed by atoms with E-state index < -0.39 is 10.0 Å². The number of hydrogen-bond acceptors (Lipinski definition) is 3. The number of carbonyl (C=O) groups excluding carboxylic acids is 1. The second-order valence-corrected chi connectivity index (χ2v) is 5.69. The molecule has 0 radical (unpaired) electrons. The number of nitrogens with one attached hydrogen (secondary N) is 1. The first-order valence-electron chi connectivity index (χ1n) is 5.72. The van der Waals surface area contributed by atoms with Gasteiger partial charge in [0.15, 0.2) is 5.78 Å². The average Bonchev–Trinajstić information content (AvgIpc) is 2.47. The second-order valence-electron chi connectivity index (χ2n) is 3.93. The summed E-state index contributed by atoms with van der Waals surface area (Å²) < 4.78 is 26.1. The molecule has 0 saturated carbocycles. The van der Waals surface area contributed by atoms with E-state index in [0.717, 1.165) is 0 Å². The molecule has 0 bridgehead atoms. The monoisotopic (exact) mass is 275 g/mol. The van der Waals surface area contributed by atoms with Gasteiger partial charge in [-0.3, -0.25) is 4.79 Å². The van der Waals surface area contributed by atoms with Crippen LogP contribution in [0.3, 0.4) is 0 Å². The minimum absolute atomic E-state index is 0.149. The van der Waals surface area contributed by atoms with Gasteiger partial charge in [-0.1, -0.05) is 48.5 Å². The van der Waals surface area contributed by atoms with E-state index in [1.165, 1.54) is 12.1 Å². The Morgan fingerprint density at radius 3 is 2.00 bits per heavy atom. The fraction of sp³-hybridized carbons (Fsp3) is 0.0714. The third kappa shape index (κ3) is 3.49. The number of hydrogen-bond donors (Lipinski definition) is 1. The number of sulfonamides is 1. The van der Waals surface area contributed by atoms with Crippen molar-refractivity contribution < 1.29 is 13.2 Å². The molecule has 0 saturated heterocycles. The lowest BCUT2D eigenvalue weighted by Gasteiger charge is -2.06. The van der Waals surface area contributed by atoms with Crippen LogP contribution in [0.2, 0.25) is 0 Å². The second kappa shape index (κ2) is 5.77. The molecule has 0 unspecified atom stereocenters. The van der Waals surface area contributed by atoms with Crippen molar-refractivity contribution in [1.82, 2.24) is 4.72 Å². The zero-order valence-electron chi connectivity index (χ0n) is 10.1. The molecule has 5 heteroatoms. The molecule has 2 aromatic carbocycles. The summed E-state index contributed by atoms with van der Waals surface area (Å²) in [7, 11) is -3.63. The van der Waals surface area contributed by atoms with Gasteiger partial charge in [0, 0.05) is 5.56 Å². The Labute approximate surface area is 112 Å². The van der Waals surface area contributed by atoms with Gasteiger partial charge in [0.1, 0.15) is 0 Å². The van der Waals surface area contributed by atoms with Crippen LogP contribution in [-0.4, -0.2) is 20.7 Å². The Kier molecular flexibility index (Phi) is 4.09. The Morgan fingerprint density at radius 2 is 1.42 bits per heavy atom. The molecule has 0 amide bonds. The zero-order chi connectivity index (χ0) is 13.7. The molecule has 2 rings (SSSR count). The molecule has 0 aliphatic heterocycles. The molecular weight excluding hydrogens is 262 g/mol. The summed E-state index contributed by atoms with van der Waals surface area (Å²) in [6.07, 6.45) is 0. The Balaban J connectivity index is 2.05. The molecule has 4 nitrogen and oxygen atoms in total. The first-order chi connectivity index (χ1) is 9.09. The van der Waals surface area contributed by atoms with Gasteiger partial charge < -0.3 is 0 Å². The zero-order valence-corrected chi connectivity index (χ0v) is 10.9. The highest BCUT2D eigenvalue weighted by Crippen LogP contribution is 2.07. The van der Waals surface area contributed by atoms with E-state index in [2.05, 4.69) is 4.72 Å². The summed E-state index contributed by atoms with van der Waals surface area (Å²) in [4.78, 5) is 11.9. The van der Waals surface area contributed by atoms with Crippen molar-refractivity contribution in [2.24, 2.45) is 0 Å². The Morgan fingerprint density at radius 1 is 0.895 bits per heavy atom. The van der Waals surface area contributed by atoms with Crippen LogP contribution in [0.1, 0.15) is 10.4 Å². The van der Waals surface area contributed by atoms with E-state index in [0.29, 0.717) is 5.56 Å². The lowest BCUT2D eigenvalue weighted by molar-refractivity contribution is 0.0997. The molecular formula is C14H13NO3S. The van der Waals surface area contributed by atoms with E-state index in [1.807, 2.05) is 0 Å². The number of rotatable bonds is 5. The van der Waals surface area contributed by atoms with Crippen molar-refractivity contribution in [3.8, 4) is 0 Å².